The zero-order valence-electron chi connectivity index (χ0n) is 11.3. The fourth-order valence-electron chi connectivity index (χ4n) is 3.45. The van der Waals surface area contributed by atoms with E-state index in [2.05, 4.69) is 25.2 Å². The minimum absolute atomic E-state index is 0.270. The molecule has 1 aromatic rings. The summed E-state index contributed by atoms with van der Waals surface area (Å²) in [6, 6.07) is 0.589. The lowest BCUT2D eigenvalue weighted by atomic mass is 9.96. The van der Waals surface area contributed by atoms with Gasteiger partial charge in [-0.2, -0.15) is 15.0 Å². The van der Waals surface area contributed by atoms with Crippen molar-refractivity contribution in [3.05, 3.63) is 5.28 Å². The van der Waals surface area contributed by atoms with Gasteiger partial charge in [-0.05, 0) is 43.2 Å². The van der Waals surface area contributed by atoms with Gasteiger partial charge in [0.05, 0.1) is 0 Å². The van der Waals surface area contributed by atoms with Crippen LogP contribution in [0.4, 0.5) is 11.9 Å². The Kier molecular flexibility index (Phi) is 3.73. The van der Waals surface area contributed by atoms with Crippen LogP contribution in [0.5, 0.6) is 0 Å². The molecule has 0 bridgehead atoms. The molecule has 1 atom stereocenters. The van der Waals surface area contributed by atoms with Gasteiger partial charge in [0, 0.05) is 19.6 Å². The zero-order valence-corrected chi connectivity index (χ0v) is 12.0. The van der Waals surface area contributed by atoms with Crippen molar-refractivity contribution in [1.29, 1.82) is 0 Å². The van der Waals surface area contributed by atoms with Gasteiger partial charge in [0.25, 0.3) is 0 Å². The van der Waals surface area contributed by atoms with Gasteiger partial charge in [0.1, 0.15) is 0 Å². The average molecular weight is 282 g/mol. The van der Waals surface area contributed by atoms with E-state index >= 15 is 0 Å². The van der Waals surface area contributed by atoms with Gasteiger partial charge in [0.15, 0.2) is 0 Å². The highest BCUT2D eigenvalue weighted by Crippen LogP contribution is 2.36. The van der Waals surface area contributed by atoms with Gasteiger partial charge in [0.2, 0.25) is 17.2 Å². The molecular weight excluding hydrogens is 262 g/mol. The van der Waals surface area contributed by atoms with Crippen LogP contribution in [0.15, 0.2) is 0 Å². The molecule has 1 unspecified atom stereocenters. The van der Waals surface area contributed by atoms with Gasteiger partial charge >= 0.3 is 0 Å². The van der Waals surface area contributed by atoms with Gasteiger partial charge in [-0.25, -0.2) is 0 Å². The number of rotatable bonds is 3. The molecule has 1 aliphatic carbocycles. The number of nitrogens with zero attached hydrogens (tertiary/aromatic N) is 4. The third-order valence-corrected chi connectivity index (χ3v) is 4.49. The quantitative estimate of drug-likeness (QED) is 0.923. The predicted molar refractivity (Wildman–Crippen MR) is 76.7 cm³/mol. The third kappa shape index (κ3) is 2.61. The van der Waals surface area contributed by atoms with Crippen LogP contribution in [0.1, 0.15) is 38.5 Å². The largest absolute Gasteiger partial charge is 0.357 e. The summed E-state index contributed by atoms with van der Waals surface area (Å²) in [5.74, 6) is 2.09. The number of hydrogen-bond acceptors (Lipinski definition) is 5. The first-order chi connectivity index (χ1) is 9.28. The Hall–Kier alpha value is -1.10. The molecule has 0 spiro atoms. The second kappa shape index (κ2) is 5.49. The van der Waals surface area contributed by atoms with E-state index in [1.807, 2.05) is 0 Å². The molecule has 0 amide bonds. The topological polar surface area (TPSA) is 53.9 Å². The number of hydrogen-bond donors (Lipinski definition) is 1. The van der Waals surface area contributed by atoms with Crippen LogP contribution in [0, 0.1) is 5.92 Å². The Morgan fingerprint density at radius 3 is 2.63 bits per heavy atom. The SMILES string of the molecule is CNc1nc(Cl)nc(N2CCCC2C2CCCC2)n1. The molecule has 19 heavy (non-hydrogen) atoms. The fraction of sp³-hybridized carbons (Fsp3) is 0.769. The van der Waals surface area contributed by atoms with Gasteiger partial charge < -0.3 is 10.2 Å². The van der Waals surface area contributed by atoms with E-state index in [1.54, 1.807) is 7.05 Å². The Labute approximate surface area is 118 Å². The molecule has 1 aliphatic heterocycles. The molecule has 1 N–H and O–H groups in total. The lowest BCUT2D eigenvalue weighted by Gasteiger charge is -2.29. The van der Waals surface area contributed by atoms with E-state index in [1.165, 1.54) is 38.5 Å². The highest BCUT2D eigenvalue weighted by Gasteiger charge is 2.34. The molecule has 1 saturated heterocycles. The van der Waals surface area contributed by atoms with Crippen molar-refractivity contribution < 1.29 is 0 Å². The van der Waals surface area contributed by atoms with Gasteiger partial charge in [-0.1, -0.05) is 12.8 Å². The highest BCUT2D eigenvalue weighted by molar-refractivity contribution is 6.28. The zero-order chi connectivity index (χ0) is 13.2. The molecule has 3 rings (SSSR count). The number of aromatic nitrogens is 3. The predicted octanol–water partition coefficient (Wildman–Crippen LogP) is 2.73. The summed E-state index contributed by atoms with van der Waals surface area (Å²) in [4.78, 5) is 15.2. The second-order valence-corrected chi connectivity index (χ2v) is 5.76. The Bertz CT molecular complexity index is 447. The lowest BCUT2D eigenvalue weighted by molar-refractivity contribution is 0.427. The second-order valence-electron chi connectivity index (χ2n) is 5.43. The number of nitrogens with one attached hydrogen (secondary N) is 1. The van der Waals surface area contributed by atoms with Crippen LogP contribution in [0.25, 0.3) is 0 Å². The van der Waals surface area contributed by atoms with Crippen molar-refractivity contribution in [2.45, 2.75) is 44.6 Å². The molecule has 2 fully saturated rings. The Morgan fingerprint density at radius 1 is 1.11 bits per heavy atom. The summed E-state index contributed by atoms with van der Waals surface area (Å²) < 4.78 is 0. The monoisotopic (exact) mass is 281 g/mol. The summed E-state index contributed by atoms with van der Waals surface area (Å²) in [7, 11) is 1.80. The van der Waals surface area contributed by atoms with Crippen LogP contribution in [0.2, 0.25) is 5.28 Å². The van der Waals surface area contributed by atoms with E-state index in [-0.39, 0.29) is 5.28 Å². The van der Waals surface area contributed by atoms with Crippen molar-refractivity contribution in [3.63, 3.8) is 0 Å². The molecule has 6 heteroatoms. The third-order valence-electron chi connectivity index (χ3n) is 4.32. The summed E-state index contributed by atoms with van der Waals surface area (Å²) in [5.41, 5.74) is 0. The maximum atomic E-state index is 5.99. The smallest absolute Gasteiger partial charge is 0.231 e. The van der Waals surface area contributed by atoms with Crippen LogP contribution >= 0.6 is 11.6 Å². The van der Waals surface area contributed by atoms with Crippen molar-refractivity contribution in [2.24, 2.45) is 5.92 Å². The lowest BCUT2D eigenvalue weighted by Crippen LogP contribution is -2.36. The minimum atomic E-state index is 0.270. The molecule has 1 aromatic heterocycles. The van der Waals surface area contributed by atoms with Crippen LogP contribution in [-0.2, 0) is 0 Å². The normalized spacial score (nSPS) is 24.1. The average Bonchev–Trinajstić information content (AvgIpc) is 3.08. The molecule has 5 nitrogen and oxygen atoms in total. The van der Waals surface area contributed by atoms with E-state index in [9.17, 15) is 0 Å². The highest BCUT2D eigenvalue weighted by atomic mass is 35.5. The van der Waals surface area contributed by atoms with Gasteiger partial charge in [-0.3, -0.25) is 0 Å². The maximum Gasteiger partial charge on any atom is 0.231 e. The van der Waals surface area contributed by atoms with Crippen molar-refractivity contribution in [2.75, 3.05) is 23.8 Å². The van der Waals surface area contributed by atoms with Crippen LogP contribution in [-0.4, -0.2) is 34.6 Å². The molecule has 2 aliphatic rings. The summed E-state index contributed by atoms with van der Waals surface area (Å²) in [6.45, 7) is 1.03. The Balaban J connectivity index is 1.85. The first kappa shape index (κ1) is 12.9. The minimum Gasteiger partial charge on any atom is -0.357 e. The van der Waals surface area contributed by atoms with E-state index in [4.69, 9.17) is 11.6 Å². The van der Waals surface area contributed by atoms with Crippen molar-refractivity contribution in [1.82, 2.24) is 15.0 Å². The van der Waals surface area contributed by atoms with E-state index in [0.29, 0.717) is 12.0 Å². The van der Waals surface area contributed by atoms with E-state index in [0.717, 1.165) is 18.4 Å². The number of halogens is 1. The van der Waals surface area contributed by atoms with Gasteiger partial charge in [-0.15, -0.1) is 0 Å². The summed E-state index contributed by atoms with van der Waals surface area (Å²) in [5, 5.41) is 3.21. The first-order valence-electron chi connectivity index (χ1n) is 7.14. The maximum absolute atomic E-state index is 5.99. The van der Waals surface area contributed by atoms with Crippen molar-refractivity contribution in [3.8, 4) is 0 Å². The van der Waals surface area contributed by atoms with E-state index < -0.39 is 0 Å². The fourth-order valence-corrected chi connectivity index (χ4v) is 3.61. The molecule has 2 heterocycles. The number of anilines is 2. The van der Waals surface area contributed by atoms with Crippen molar-refractivity contribution >= 4 is 23.5 Å². The summed E-state index contributed by atoms with van der Waals surface area (Å²) >= 11 is 5.99. The van der Waals surface area contributed by atoms with Crippen LogP contribution in [0.3, 0.4) is 0 Å². The summed E-state index contributed by atoms with van der Waals surface area (Å²) in [6.07, 6.45) is 7.91. The van der Waals surface area contributed by atoms with Crippen LogP contribution < -0.4 is 10.2 Å². The first-order valence-corrected chi connectivity index (χ1v) is 7.51. The molecule has 104 valence electrons. The molecule has 0 aromatic carbocycles. The standard InChI is InChI=1S/C13H20ClN5/c1-15-12-16-11(14)17-13(18-12)19-8-4-7-10(19)9-5-2-3-6-9/h9-10H,2-8H2,1H3,(H,15,16,17,18). The Morgan fingerprint density at radius 2 is 1.89 bits per heavy atom. The molecule has 1 saturated carbocycles. The molecule has 0 radical (unpaired) electrons. The molecular formula is C13H20ClN5.